The van der Waals surface area contributed by atoms with E-state index in [2.05, 4.69) is 0 Å². The monoisotopic (exact) mass is 258 g/mol. The highest BCUT2D eigenvalue weighted by atomic mass is 31.1. The van der Waals surface area contributed by atoms with Gasteiger partial charge in [0.25, 0.3) is 6.29 Å². The summed E-state index contributed by atoms with van der Waals surface area (Å²) in [6.07, 6.45) is 13.3. The largest absolute Gasteiger partial charge is 0.591 e. The smallest absolute Gasteiger partial charge is 0.369 e. The van der Waals surface area contributed by atoms with Crippen molar-refractivity contribution in [1.82, 2.24) is 0 Å². The molecular formula is C13H25NO2P+. The summed E-state index contributed by atoms with van der Waals surface area (Å²) in [5.41, 5.74) is 0. The fraction of sp³-hybridized carbons (Fsp3) is 1.00. The van der Waals surface area contributed by atoms with Gasteiger partial charge < -0.3 is 4.89 Å². The predicted octanol–water partition coefficient (Wildman–Crippen LogP) is 1.60. The lowest BCUT2D eigenvalue weighted by Crippen LogP contribution is -3.19. The van der Waals surface area contributed by atoms with Gasteiger partial charge in [-0.05, 0) is 51.4 Å². The summed E-state index contributed by atoms with van der Waals surface area (Å²) >= 11 is 0. The molecule has 0 aromatic rings. The minimum atomic E-state index is -2.23. The van der Waals surface area contributed by atoms with Gasteiger partial charge >= 0.3 is 8.03 Å². The van der Waals surface area contributed by atoms with Gasteiger partial charge in [-0.3, -0.25) is 4.90 Å². The fourth-order valence-corrected chi connectivity index (χ4v) is 4.50. The van der Waals surface area contributed by atoms with Crippen LogP contribution in [-0.4, -0.2) is 18.4 Å². The third-order valence-electron chi connectivity index (χ3n) is 4.57. The van der Waals surface area contributed by atoms with Crippen LogP contribution in [0.1, 0.15) is 64.2 Å². The van der Waals surface area contributed by atoms with Gasteiger partial charge in [0, 0.05) is 0 Å². The van der Waals surface area contributed by atoms with E-state index in [4.69, 9.17) is 0 Å². The molecule has 0 bridgehead atoms. The van der Waals surface area contributed by atoms with Crippen LogP contribution in [-0.2, 0) is 4.57 Å². The van der Waals surface area contributed by atoms with Crippen molar-refractivity contribution in [3.8, 4) is 0 Å². The molecule has 1 atom stereocenters. The van der Waals surface area contributed by atoms with Crippen molar-refractivity contribution < 1.29 is 14.4 Å². The number of hydrogen-bond donors (Lipinski definition) is 1. The van der Waals surface area contributed by atoms with Crippen LogP contribution in [0, 0.1) is 0 Å². The van der Waals surface area contributed by atoms with E-state index in [-0.39, 0.29) is 0 Å². The molecule has 1 unspecified atom stereocenters. The summed E-state index contributed by atoms with van der Waals surface area (Å²) in [5.74, 6) is 0. The minimum Gasteiger partial charge on any atom is -0.591 e. The Balaban J connectivity index is 1.97. The molecule has 2 saturated carbocycles. The van der Waals surface area contributed by atoms with Crippen LogP contribution >= 0.6 is 8.03 Å². The molecule has 0 saturated heterocycles. The Morgan fingerprint density at radius 3 is 1.65 bits per heavy atom. The van der Waals surface area contributed by atoms with E-state index in [1.807, 2.05) is 0 Å². The Hall–Kier alpha value is 0.0200. The summed E-state index contributed by atoms with van der Waals surface area (Å²) in [6, 6.07) is 1.25. The Labute approximate surface area is 105 Å². The minimum absolute atomic E-state index is 0.380. The average Bonchev–Trinajstić information content (AvgIpc) is 2.38. The zero-order valence-electron chi connectivity index (χ0n) is 10.7. The molecule has 2 fully saturated rings. The lowest BCUT2D eigenvalue weighted by Gasteiger charge is -2.36. The van der Waals surface area contributed by atoms with Gasteiger partial charge in [0.2, 0.25) is 0 Å². The van der Waals surface area contributed by atoms with E-state index in [1.54, 1.807) is 0 Å². The molecular weight excluding hydrogens is 233 g/mol. The number of hydrogen-bond acceptors (Lipinski definition) is 2. The Morgan fingerprint density at radius 2 is 1.29 bits per heavy atom. The molecule has 0 aliphatic heterocycles. The lowest BCUT2D eigenvalue weighted by molar-refractivity contribution is -0.942. The third-order valence-corrected chi connectivity index (χ3v) is 5.19. The normalized spacial score (nSPS) is 25.2. The van der Waals surface area contributed by atoms with Crippen LogP contribution in [0.5, 0.6) is 0 Å². The molecule has 2 aliphatic carbocycles. The topological polar surface area (TPSA) is 44.6 Å². The molecule has 98 valence electrons. The summed E-state index contributed by atoms with van der Waals surface area (Å²) in [5, 5.41) is 0. The number of nitrogens with one attached hydrogen (secondary N) is 1. The van der Waals surface area contributed by atoms with Crippen LogP contribution in [0.15, 0.2) is 0 Å². The third kappa shape index (κ3) is 4.01. The second kappa shape index (κ2) is 6.82. The van der Waals surface area contributed by atoms with Gasteiger partial charge in [-0.25, -0.2) is 0 Å². The zero-order valence-corrected chi connectivity index (χ0v) is 11.6. The molecule has 2 rings (SSSR count). The highest BCUT2D eigenvalue weighted by Crippen LogP contribution is 2.21. The van der Waals surface area contributed by atoms with Crippen molar-refractivity contribution in [3.05, 3.63) is 0 Å². The summed E-state index contributed by atoms with van der Waals surface area (Å²) < 4.78 is 11.1. The molecule has 0 spiro atoms. The lowest BCUT2D eigenvalue weighted by atomic mass is 9.89. The van der Waals surface area contributed by atoms with E-state index in [0.29, 0.717) is 18.4 Å². The van der Waals surface area contributed by atoms with Crippen LogP contribution in [0.25, 0.3) is 0 Å². The second-order valence-electron chi connectivity index (χ2n) is 5.74. The quantitative estimate of drug-likeness (QED) is 0.778. The molecule has 3 nitrogen and oxygen atoms in total. The van der Waals surface area contributed by atoms with Crippen LogP contribution in [0.2, 0.25) is 0 Å². The Kier molecular flexibility index (Phi) is 5.40. The molecule has 2 aliphatic rings. The van der Waals surface area contributed by atoms with E-state index >= 15 is 0 Å². The summed E-state index contributed by atoms with van der Waals surface area (Å²) in [4.78, 5) is 12.5. The Bertz CT molecular complexity index is 230. The maximum absolute atomic E-state index is 11.1. The van der Waals surface area contributed by atoms with Gasteiger partial charge in [0.05, 0.1) is 12.1 Å². The highest BCUT2D eigenvalue weighted by molar-refractivity contribution is 7.36. The molecule has 0 heterocycles. The van der Waals surface area contributed by atoms with Crippen molar-refractivity contribution >= 4 is 8.03 Å². The van der Waals surface area contributed by atoms with E-state index < -0.39 is 8.03 Å². The first-order valence-corrected chi connectivity index (χ1v) is 8.61. The molecule has 0 radical (unpaired) electrons. The maximum Gasteiger partial charge on any atom is 0.369 e. The van der Waals surface area contributed by atoms with E-state index in [9.17, 15) is 9.46 Å². The first kappa shape index (κ1) is 13.5. The van der Waals surface area contributed by atoms with Crippen LogP contribution in [0.4, 0.5) is 0 Å². The molecule has 1 N–H and O–H groups in total. The average molecular weight is 258 g/mol. The second-order valence-corrected chi connectivity index (χ2v) is 6.72. The molecule has 4 heteroatoms. The van der Waals surface area contributed by atoms with Gasteiger partial charge in [-0.1, -0.05) is 17.4 Å². The van der Waals surface area contributed by atoms with Gasteiger partial charge in [-0.2, -0.15) is 0 Å². The maximum atomic E-state index is 11.1. The van der Waals surface area contributed by atoms with Crippen molar-refractivity contribution in [2.75, 3.05) is 6.29 Å². The summed E-state index contributed by atoms with van der Waals surface area (Å²) in [7, 11) is -2.23. The number of quaternary nitrogens is 1. The first-order valence-electron chi connectivity index (χ1n) is 7.25. The Morgan fingerprint density at radius 1 is 0.882 bits per heavy atom. The molecule has 0 aromatic heterocycles. The van der Waals surface area contributed by atoms with E-state index in [1.165, 1.54) is 69.1 Å². The SMILES string of the molecule is O=[P+]([O-])C[NH+](C1CCCCC1)C1CCCCC1. The predicted molar refractivity (Wildman–Crippen MR) is 67.2 cm³/mol. The van der Waals surface area contributed by atoms with Crippen molar-refractivity contribution in [3.63, 3.8) is 0 Å². The molecule has 17 heavy (non-hydrogen) atoms. The van der Waals surface area contributed by atoms with Crippen molar-refractivity contribution in [2.45, 2.75) is 76.3 Å². The van der Waals surface area contributed by atoms with Crippen molar-refractivity contribution in [1.29, 1.82) is 0 Å². The number of rotatable bonds is 4. The first-order chi connectivity index (χ1) is 8.27. The highest BCUT2D eigenvalue weighted by Gasteiger charge is 2.34. The fourth-order valence-electron chi connectivity index (χ4n) is 3.69. The van der Waals surface area contributed by atoms with E-state index in [0.717, 1.165) is 0 Å². The standard InChI is InChI=1S/C13H24NO2P/c15-17(16)11-14(12-7-3-1-4-8-12)13-9-5-2-6-10-13/h12-13H,1-11H2/p+1. The van der Waals surface area contributed by atoms with Gasteiger partial charge in [-0.15, -0.1) is 0 Å². The van der Waals surface area contributed by atoms with Gasteiger partial charge in [0.1, 0.15) is 0 Å². The molecule has 0 aromatic carbocycles. The van der Waals surface area contributed by atoms with Crippen LogP contribution < -0.4 is 9.79 Å². The van der Waals surface area contributed by atoms with Crippen LogP contribution in [0.3, 0.4) is 0 Å². The zero-order chi connectivity index (χ0) is 12.1. The van der Waals surface area contributed by atoms with Gasteiger partial charge in [0.15, 0.2) is 0 Å². The summed E-state index contributed by atoms with van der Waals surface area (Å²) in [6.45, 7) is 0. The molecule has 0 amide bonds. The van der Waals surface area contributed by atoms with Crippen molar-refractivity contribution in [2.24, 2.45) is 0 Å².